The number of urea groups is 1. The second-order valence-electron chi connectivity index (χ2n) is 12.0. The summed E-state index contributed by atoms with van der Waals surface area (Å²) in [5.41, 5.74) is 5.66. The zero-order valence-corrected chi connectivity index (χ0v) is 26.3. The minimum Gasteiger partial charge on any atom is -0.392 e. The Labute approximate surface area is 270 Å². The quantitative estimate of drug-likeness (QED) is 0.149. The third kappa shape index (κ3) is 7.81. The van der Waals surface area contributed by atoms with Gasteiger partial charge in [0.25, 0.3) is 0 Å². The lowest BCUT2D eigenvalue weighted by atomic mass is 9.98. The molecule has 2 amide bonds. The van der Waals surface area contributed by atoms with Gasteiger partial charge in [0.1, 0.15) is 0 Å². The van der Waals surface area contributed by atoms with Crippen LogP contribution in [-0.4, -0.2) is 35.7 Å². The van der Waals surface area contributed by atoms with E-state index in [1.54, 1.807) is 0 Å². The summed E-state index contributed by atoms with van der Waals surface area (Å²) in [7, 11) is 2.14. The van der Waals surface area contributed by atoms with E-state index in [0.29, 0.717) is 25.2 Å². The van der Waals surface area contributed by atoms with Crippen LogP contribution in [-0.2, 0) is 22.6 Å². The van der Waals surface area contributed by atoms with Gasteiger partial charge in [-0.1, -0.05) is 103 Å². The number of ether oxygens (including phenoxy) is 2. The summed E-state index contributed by atoms with van der Waals surface area (Å²) in [4.78, 5) is 15.0. The van der Waals surface area contributed by atoms with E-state index >= 15 is 0 Å². The molecular formula is C39H41N3O4. The Morgan fingerprint density at radius 2 is 1.59 bits per heavy atom. The van der Waals surface area contributed by atoms with Crippen molar-refractivity contribution in [1.82, 2.24) is 10.2 Å². The molecule has 6 rings (SSSR count). The molecule has 0 spiro atoms. The molecule has 1 heterocycles. The number of carbonyl (C=O) groups is 1. The first kappa shape index (κ1) is 31.5. The highest BCUT2D eigenvalue weighted by atomic mass is 16.7. The van der Waals surface area contributed by atoms with Crippen LogP contribution in [0.25, 0.3) is 10.8 Å². The molecule has 4 atom stereocenters. The predicted octanol–water partition coefficient (Wildman–Crippen LogP) is 7.89. The standard InChI is InChI=1S/C39H41N3O4/c1-27(32-20-19-30-11-6-7-12-33(30)21-32)42(2)25-36-23-37(31-17-15-29(26-43)16-18-31)46-38(45-36)34-13-8-14-35(22-34)41-39(44)40-24-28-9-4-3-5-10-28/h3-22,27,36-38,43H,23-26H2,1-2H3,(H2,40,41,44)/t27-,36+,37-,38-/m1/s1. The van der Waals surface area contributed by atoms with Crippen molar-refractivity contribution in [1.29, 1.82) is 0 Å². The van der Waals surface area contributed by atoms with Gasteiger partial charge in [0, 0.05) is 36.8 Å². The van der Waals surface area contributed by atoms with Crippen LogP contribution in [0.2, 0.25) is 0 Å². The van der Waals surface area contributed by atoms with E-state index in [1.165, 1.54) is 16.3 Å². The number of aliphatic hydroxyl groups excluding tert-OH is 1. The molecule has 0 bridgehead atoms. The molecule has 0 saturated carbocycles. The molecule has 1 aliphatic heterocycles. The van der Waals surface area contributed by atoms with Crippen molar-refractivity contribution in [3.63, 3.8) is 0 Å². The van der Waals surface area contributed by atoms with Crippen molar-refractivity contribution >= 4 is 22.5 Å². The number of hydrogen-bond acceptors (Lipinski definition) is 5. The second-order valence-corrected chi connectivity index (χ2v) is 12.0. The maximum Gasteiger partial charge on any atom is 0.319 e. The van der Waals surface area contributed by atoms with Gasteiger partial charge in [-0.3, -0.25) is 4.90 Å². The highest BCUT2D eigenvalue weighted by Crippen LogP contribution is 2.39. The van der Waals surface area contributed by atoms with Gasteiger partial charge in [-0.2, -0.15) is 0 Å². The van der Waals surface area contributed by atoms with E-state index in [4.69, 9.17) is 9.47 Å². The molecule has 0 aliphatic carbocycles. The van der Waals surface area contributed by atoms with Crippen molar-refractivity contribution in [3.8, 4) is 0 Å². The molecule has 7 heteroatoms. The SMILES string of the molecule is C[C@H](c1ccc2ccccc2c1)N(C)C[C@@H]1C[C@H](c2ccc(CO)cc2)O[C@H](c2cccc(NC(=O)NCc3ccccc3)c2)O1. The van der Waals surface area contributed by atoms with E-state index in [2.05, 4.69) is 72.0 Å². The van der Waals surface area contributed by atoms with E-state index in [1.807, 2.05) is 78.9 Å². The number of likely N-dealkylation sites (N-methyl/N-ethyl adjacent to an activating group) is 1. The minimum absolute atomic E-state index is 0.00363. The summed E-state index contributed by atoms with van der Waals surface area (Å²) in [6.07, 6.45) is -0.254. The van der Waals surface area contributed by atoms with Gasteiger partial charge in [-0.05, 0) is 65.2 Å². The van der Waals surface area contributed by atoms with Gasteiger partial charge >= 0.3 is 6.03 Å². The number of fused-ring (bicyclic) bond motifs is 1. The third-order valence-electron chi connectivity index (χ3n) is 8.74. The molecule has 1 fully saturated rings. The number of amides is 2. The zero-order chi connectivity index (χ0) is 31.9. The molecule has 5 aromatic rings. The number of carbonyl (C=O) groups excluding carboxylic acids is 1. The molecule has 0 aromatic heterocycles. The molecule has 0 radical (unpaired) electrons. The van der Waals surface area contributed by atoms with E-state index in [-0.39, 0.29) is 30.9 Å². The summed E-state index contributed by atoms with van der Waals surface area (Å²) >= 11 is 0. The molecule has 0 unspecified atom stereocenters. The number of nitrogens with one attached hydrogen (secondary N) is 2. The lowest BCUT2D eigenvalue weighted by Gasteiger charge is -2.39. The van der Waals surface area contributed by atoms with Crippen molar-refractivity contribution in [2.45, 2.75) is 51.0 Å². The second kappa shape index (κ2) is 14.7. The van der Waals surface area contributed by atoms with Crippen LogP contribution < -0.4 is 10.6 Å². The van der Waals surface area contributed by atoms with Crippen LogP contribution in [0.15, 0.2) is 121 Å². The van der Waals surface area contributed by atoms with Gasteiger partial charge in [0.05, 0.1) is 18.8 Å². The summed E-state index contributed by atoms with van der Waals surface area (Å²) in [6.45, 7) is 3.37. The van der Waals surface area contributed by atoms with Crippen molar-refractivity contribution in [2.24, 2.45) is 0 Å². The predicted molar refractivity (Wildman–Crippen MR) is 182 cm³/mol. The average Bonchev–Trinajstić information content (AvgIpc) is 3.10. The zero-order valence-electron chi connectivity index (χ0n) is 26.3. The van der Waals surface area contributed by atoms with Crippen LogP contribution in [0.3, 0.4) is 0 Å². The summed E-state index contributed by atoms with van der Waals surface area (Å²) in [5, 5.41) is 17.9. The Hall–Kier alpha value is -4.53. The number of anilines is 1. The van der Waals surface area contributed by atoms with Crippen LogP contribution in [0, 0.1) is 0 Å². The van der Waals surface area contributed by atoms with Gasteiger partial charge in [0.15, 0.2) is 6.29 Å². The van der Waals surface area contributed by atoms with Crippen LogP contribution in [0.5, 0.6) is 0 Å². The summed E-state index contributed by atoms with van der Waals surface area (Å²) in [5.74, 6) is 0. The topological polar surface area (TPSA) is 83.1 Å². The molecule has 3 N–H and O–H groups in total. The molecule has 236 valence electrons. The summed E-state index contributed by atoms with van der Waals surface area (Å²) in [6, 6.07) is 40.3. The smallest absolute Gasteiger partial charge is 0.319 e. The Kier molecular flexibility index (Phi) is 10.1. The highest BCUT2D eigenvalue weighted by molar-refractivity contribution is 5.89. The minimum atomic E-state index is -0.625. The van der Waals surface area contributed by atoms with Crippen molar-refractivity contribution < 1.29 is 19.4 Å². The normalized spacial score (nSPS) is 18.7. The molecule has 7 nitrogen and oxygen atoms in total. The average molecular weight is 616 g/mol. The van der Waals surface area contributed by atoms with E-state index in [9.17, 15) is 9.90 Å². The monoisotopic (exact) mass is 615 g/mol. The summed E-state index contributed by atoms with van der Waals surface area (Å²) < 4.78 is 13.2. The Bertz CT molecular complexity index is 1740. The van der Waals surface area contributed by atoms with Crippen LogP contribution in [0.1, 0.15) is 59.6 Å². The number of aliphatic hydroxyl groups is 1. The first-order valence-electron chi connectivity index (χ1n) is 15.8. The fourth-order valence-electron chi connectivity index (χ4n) is 5.95. The molecule has 1 aliphatic rings. The molecule has 1 saturated heterocycles. The van der Waals surface area contributed by atoms with Gasteiger partial charge in [0.2, 0.25) is 0 Å². The Morgan fingerprint density at radius 3 is 2.37 bits per heavy atom. The fraction of sp³-hybridized carbons (Fsp3) is 0.256. The Morgan fingerprint density at radius 1 is 0.826 bits per heavy atom. The third-order valence-corrected chi connectivity index (χ3v) is 8.74. The maximum absolute atomic E-state index is 12.7. The number of nitrogens with zero attached hydrogens (tertiary/aromatic N) is 1. The molecule has 46 heavy (non-hydrogen) atoms. The number of hydrogen-bond donors (Lipinski definition) is 3. The Balaban J connectivity index is 1.18. The van der Waals surface area contributed by atoms with Gasteiger partial charge < -0.3 is 25.2 Å². The highest BCUT2D eigenvalue weighted by Gasteiger charge is 2.33. The molecular weight excluding hydrogens is 574 g/mol. The molecule has 5 aromatic carbocycles. The first-order valence-corrected chi connectivity index (χ1v) is 15.8. The lowest BCUT2D eigenvalue weighted by molar-refractivity contribution is -0.253. The lowest BCUT2D eigenvalue weighted by Crippen LogP contribution is -2.38. The number of benzene rings is 5. The largest absolute Gasteiger partial charge is 0.392 e. The van der Waals surface area contributed by atoms with Gasteiger partial charge in [-0.15, -0.1) is 0 Å². The van der Waals surface area contributed by atoms with E-state index < -0.39 is 6.29 Å². The van der Waals surface area contributed by atoms with Crippen LogP contribution in [0.4, 0.5) is 10.5 Å². The first-order chi connectivity index (χ1) is 22.4. The maximum atomic E-state index is 12.7. The van der Waals surface area contributed by atoms with Crippen LogP contribution >= 0.6 is 0 Å². The van der Waals surface area contributed by atoms with E-state index in [0.717, 1.165) is 22.3 Å². The van der Waals surface area contributed by atoms with Gasteiger partial charge in [-0.25, -0.2) is 4.79 Å². The van der Waals surface area contributed by atoms with Crippen molar-refractivity contribution in [2.75, 3.05) is 18.9 Å². The van der Waals surface area contributed by atoms with Crippen molar-refractivity contribution in [3.05, 3.63) is 149 Å². The fourth-order valence-corrected chi connectivity index (χ4v) is 5.95. The number of rotatable bonds is 10.